The normalized spacial score (nSPS) is 13.4. The van der Waals surface area contributed by atoms with Gasteiger partial charge in [0.2, 0.25) is 0 Å². The second-order valence-corrected chi connectivity index (χ2v) is 5.21. The molecule has 0 spiro atoms. The number of alkyl halides is 3. The number of hydrogen-bond acceptors (Lipinski definition) is 2. The SMILES string of the molecule is CC(NCc1ccc(Br)o1)c1cccc(C(F)(F)F)c1. The van der Waals surface area contributed by atoms with Crippen molar-refractivity contribution in [2.75, 3.05) is 0 Å². The van der Waals surface area contributed by atoms with Gasteiger partial charge in [0.05, 0.1) is 12.1 Å². The summed E-state index contributed by atoms with van der Waals surface area (Å²) in [6.45, 7) is 2.26. The first-order chi connectivity index (χ1) is 9.36. The fraction of sp³-hybridized carbons (Fsp3) is 0.286. The summed E-state index contributed by atoms with van der Waals surface area (Å²) in [4.78, 5) is 0. The van der Waals surface area contributed by atoms with Gasteiger partial charge in [0, 0.05) is 6.04 Å². The predicted octanol–water partition coefficient (Wildman–Crippen LogP) is 4.91. The molecule has 1 heterocycles. The lowest BCUT2D eigenvalue weighted by atomic mass is 10.0. The van der Waals surface area contributed by atoms with E-state index in [0.717, 1.165) is 17.9 Å². The quantitative estimate of drug-likeness (QED) is 0.849. The molecule has 0 radical (unpaired) electrons. The largest absolute Gasteiger partial charge is 0.453 e. The molecule has 0 aliphatic carbocycles. The zero-order chi connectivity index (χ0) is 14.8. The summed E-state index contributed by atoms with van der Waals surface area (Å²) in [5.74, 6) is 0.718. The molecule has 1 unspecified atom stereocenters. The van der Waals surface area contributed by atoms with Gasteiger partial charge in [0.25, 0.3) is 0 Å². The smallest absolute Gasteiger partial charge is 0.416 e. The number of halogens is 4. The third-order valence-electron chi connectivity index (χ3n) is 2.93. The molecule has 2 rings (SSSR count). The minimum Gasteiger partial charge on any atom is -0.453 e. The third-order valence-corrected chi connectivity index (χ3v) is 3.35. The standard InChI is InChI=1S/C14H13BrF3NO/c1-9(19-8-12-5-6-13(15)20-12)10-3-2-4-11(7-10)14(16,17)18/h2-7,9,19H,8H2,1H3. The molecule has 0 aliphatic rings. The Labute approximate surface area is 123 Å². The van der Waals surface area contributed by atoms with E-state index in [1.165, 1.54) is 6.07 Å². The highest BCUT2D eigenvalue weighted by atomic mass is 79.9. The van der Waals surface area contributed by atoms with Gasteiger partial charge in [-0.05, 0) is 52.7 Å². The van der Waals surface area contributed by atoms with Crippen molar-refractivity contribution in [3.8, 4) is 0 Å². The van der Waals surface area contributed by atoms with Crippen molar-refractivity contribution in [1.82, 2.24) is 5.32 Å². The Bertz CT molecular complexity index is 580. The summed E-state index contributed by atoms with van der Waals surface area (Å²) in [7, 11) is 0. The van der Waals surface area contributed by atoms with Crippen LogP contribution in [0.4, 0.5) is 13.2 Å². The van der Waals surface area contributed by atoms with Crippen molar-refractivity contribution < 1.29 is 17.6 Å². The van der Waals surface area contributed by atoms with Crippen LogP contribution in [0.3, 0.4) is 0 Å². The van der Waals surface area contributed by atoms with Gasteiger partial charge < -0.3 is 9.73 Å². The van der Waals surface area contributed by atoms with Crippen LogP contribution >= 0.6 is 15.9 Å². The van der Waals surface area contributed by atoms with Crippen molar-refractivity contribution in [2.45, 2.75) is 25.7 Å². The molecule has 0 bridgehead atoms. The summed E-state index contributed by atoms with van der Waals surface area (Å²) in [5.41, 5.74) is -0.0464. The van der Waals surface area contributed by atoms with E-state index in [2.05, 4.69) is 21.2 Å². The fourth-order valence-corrected chi connectivity index (χ4v) is 2.14. The molecule has 0 fully saturated rings. The minimum absolute atomic E-state index is 0.207. The van der Waals surface area contributed by atoms with Gasteiger partial charge in [-0.3, -0.25) is 0 Å². The van der Waals surface area contributed by atoms with Gasteiger partial charge in [-0.2, -0.15) is 13.2 Å². The number of hydrogen-bond donors (Lipinski definition) is 1. The number of rotatable bonds is 4. The third kappa shape index (κ3) is 3.86. The highest BCUT2D eigenvalue weighted by Gasteiger charge is 2.30. The molecule has 0 aliphatic heterocycles. The van der Waals surface area contributed by atoms with Crippen LogP contribution in [-0.2, 0) is 12.7 Å². The molecule has 0 saturated carbocycles. The maximum absolute atomic E-state index is 12.6. The van der Waals surface area contributed by atoms with Gasteiger partial charge >= 0.3 is 6.18 Å². The lowest BCUT2D eigenvalue weighted by molar-refractivity contribution is -0.137. The summed E-state index contributed by atoms with van der Waals surface area (Å²) in [6.07, 6.45) is -4.32. The highest BCUT2D eigenvalue weighted by Crippen LogP contribution is 2.30. The average molecular weight is 348 g/mol. The van der Waals surface area contributed by atoms with Crippen LogP contribution in [0.25, 0.3) is 0 Å². The average Bonchev–Trinajstić information content (AvgIpc) is 2.81. The summed E-state index contributed by atoms with van der Waals surface area (Å²) < 4.78 is 43.9. The van der Waals surface area contributed by atoms with Gasteiger partial charge in [0.15, 0.2) is 4.67 Å². The zero-order valence-electron chi connectivity index (χ0n) is 10.7. The van der Waals surface area contributed by atoms with E-state index in [0.29, 0.717) is 16.8 Å². The van der Waals surface area contributed by atoms with Crippen molar-refractivity contribution in [3.05, 3.63) is 58.0 Å². The number of benzene rings is 1. The van der Waals surface area contributed by atoms with E-state index in [1.807, 2.05) is 6.92 Å². The van der Waals surface area contributed by atoms with Gasteiger partial charge in [-0.15, -0.1) is 0 Å². The molecule has 0 amide bonds. The second-order valence-electron chi connectivity index (χ2n) is 4.43. The Hall–Kier alpha value is -1.27. The predicted molar refractivity (Wildman–Crippen MR) is 73.1 cm³/mol. The lowest BCUT2D eigenvalue weighted by Gasteiger charge is -2.15. The molecule has 2 aromatic rings. The van der Waals surface area contributed by atoms with Crippen LogP contribution in [0.15, 0.2) is 45.5 Å². The Kier molecular flexibility index (Phi) is 4.55. The van der Waals surface area contributed by atoms with Crippen molar-refractivity contribution in [2.24, 2.45) is 0 Å². The molecule has 1 aromatic carbocycles. The number of furan rings is 1. The van der Waals surface area contributed by atoms with Crippen molar-refractivity contribution in [1.29, 1.82) is 0 Å². The van der Waals surface area contributed by atoms with Crippen LogP contribution in [0.5, 0.6) is 0 Å². The van der Waals surface area contributed by atoms with Crippen LogP contribution in [0.1, 0.15) is 29.9 Å². The summed E-state index contributed by atoms with van der Waals surface area (Å²) >= 11 is 3.20. The first kappa shape index (κ1) is 15.1. The summed E-state index contributed by atoms with van der Waals surface area (Å²) in [5, 5.41) is 3.13. The Morgan fingerprint density at radius 3 is 2.60 bits per heavy atom. The maximum atomic E-state index is 12.6. The van der Waals surface area contributed by atoms with E-state index in [4.69, 9.17) is 4.42 Å². The van der Waals surface area contributed by atoms with Crippen LogP contribution in [0, 0.1) is 0 Å². The molecule has 0 saturated heterocycles. The molecule has 1 aromatic heterocycles. The van der Waals surface area contributed by atoms with E-state index in [1.54, 1.807) is 18.2 Å². The maximum Gasteiger partial charge on any atom is 0.416 e. The summed E-state index contributed by atoms with van der Waals surface area (Å²) in [6, 6.07) is 8.68. The first-order valence-corrected chi connectivity index (χ1v) is 6.80. The fourth-order valence-electron chi connectivity index (χ4n) is 1.80. The van der Waals surface area contributed by atoms with Crippen molar-refractivity contribution in [3.63, 3.8) is 0 Å². The molecule has 1 atom stereocenters. The molecule has 108 valence electrons. The Balaban J connectivity index is 2.03. The minimum atomic E-state index is -4.32. The topological polar surface area (TPSA) is 25.2 Å². The highest BCUT2D eigenvalue weighted by molar-refractivity contribution is 9.10. The lowest BCUT2D eigenvalue weighted by Crippen LogP contribution is -2.18. The number of nitrogens with one attached hydrogen (secondary N) is 1. The molecule has 6 heteroatoms. The van der Waals surface area contributed by atoms with Crippen LogP contribution < -0.4 is 5.32 Å². The van der Waals surface area contributed by atoms with Gasteiger partial charge in [-0.25, -0.2) is 0 Å². The molecule has 20 heavy (non-hydrogen) atoms. The van der Waals surface area contributed by atoms with Crippen LogP contribution in [-0.4, -0.2) is 0 Å². The van der Waals surface area contributed by atoms with E-state index >= 15 is 0 Å². The first-order valence-electron chi connectivity index (χ1n) is 6.01. The molecule has 1 N–H and O–H groups in total. The van der Waals surface area contributed by atoms with Gasteiger partial charge in [0.1, 0.15) is 5.76 Å². The van der Waals surface area contributed by atoms with Crippen LogP contribution in [0.2, 0.25) is 0 Å². The Morgan fingerprint density at radius 1 is 1.25 bits per heavy atom. The molecular formula is C14H13BrF3NO. The molecule has 2 nitrogen and oxygen atoms in total. The monoisotopic (exact) mass is 347 g/mol. The van der Waals surface area contributed by atoms with E-state index in [-0.39, 0.29) is 6.04 Å². The van der Waals surface area contributed by atoms with E-state index in [9.17, 15) is 13.2 Å². The second kappa shape index (κ2) is 6.01. The Morgan fingerprint density at radius 2 is 2.00 bits per heavy atom. The van der Waals surface area contributed by atoms with Gasteiger partial charge in [-0.1, -0.05) is 12.1 Å². The van der Waals surface area contributed by atoms with Crippen molar-refractivity contribution >= 4 is 15.9 Å². The molecular weight excluding hydrogens is 335 g/mol. The zero-order valence-corrected chi connectivity index (χ0v) is 12.3. The van der Waals surface area contributed by atoms with E-state index < -0.39 is 11.7 Å².